The first-order valence-corrected chi connectivity index (χ1v) is 10.2. The van der Waals surface area contributed by atoms with E-state index in [0.717, 1.165) is 30.3 Å². The van der Waals surface area contributed by atoms with Gasteiger partial charge in [0.25, 0.3) is 0 Å². The van der Waals surface area contributed by atoms with Crippen molar-refractivity contribution in [3.63, 3.8) is 0 Å². The predicted molar refractivity (Wildman–Crippen MR) is 104 cm³/mol. The summed E-state index contributed by atoms with van der Waals surface area (Å²) in [5.41, 5.74) is 0. The molecule has 0 aliphatic heterocycles. The van der Waals surface area contributed by atoms with Gasteiger partial charge in [0.2, 0.25) is 0 Å². The highest BCUT2D eigenvalue weighted by molar-refractivity contribution is 5.69. The lowest BCUT2D eigenvalue weighted by atomic mass is 9.96. The fraction of sp³-hybridized carbons (Fsp3) is 0.905. The second-order valence-corrected chi connectivity index (χ2v) is 8.01. The van der Waals surface area contributed by atoms with Crippen LogP contribution >= 0.6 is 0 Å². The van der Waals surface area contributed by atoms with Gasteiger partial charge in [0, 0.05) is 20.5 Å². The zero-order valence-electron chi connectivity index (χ0n) is 16.9. The van der Waals surface area contributed by atoms with Crippen molar-refractivity contribution in [2.24, 2.45) is 5.92 Å². The summed E-state index contributed by atoms with van der Waals surface area (Å²) < 4.78 is 6.30. The molecule has 0 aliphatic rings. The molecule has 0 radical (unpaired) electrons. The predicted octanol–water partition coefficient (Wildman–Crippen LogP) is 5.73. The summed E-state index contributed by atoms with van der Waals surface area (Å²) in [6.45, 7) is 6.17. The lowest BCUT2D eigenvalue weighted by Crippen LogP contribution is -2.32. The van der Waals surface area contributed by atoms with E-state index in [9.17, 15) is 4.79 Å². The van der Waals surface area contributed by atoms with E-state index >= 15 is 0 Å². The van der Waals surface area contributed by atoms with Crippen LogP contribution in [0, 0.1) is 13.0 Å². The molecule has 3 nitrogen and oxygen atoms in total. The zero-order chi connectivity index (χ0) is 18.3. The molecule has 0 amide bonds. The Morgan fingerprint density at radius 3 is 2.17 bits per heavy atom. The lowest BCUT2D eigenvalue weighted by molar-refractivity contribution is -0.845. The van der Waals surface area contributed by atoms with E-state index < -0.39 is 0 Å². The average Bonchev–Trinajstić information content (AvgIpc) is 2.51. The third kappa shape index (κ3) is 16.3. The molecule has 3 heteroatoms. The van der Waals surface area contributed by atoms with Gasteiger partial charge in [-0.25, -0.2) is 0 Å². The highest BCUT2D eigenvalue weighted by Gasteiger charge is 2.12. The van der Waals surface area contributed by atoms with Gasteiger partial charge in [0.1, 0.15) is 0 Å². The minimum absolute atomic E-state index is 0.00608. The van der Waals surface area contributed by atoms with E-state index in [1.165, 1.54) is 51.4 Å². The van der Waals surface area contributed by atoms with Crippen LogP contribution in [0.2, 0.25) is 0 Å². The first-order valence-electron chi connectivity index (χ1n) is 10.2. The summed E-state index contributed by atoms with van der Waals surface area (Å²) in [7, 11) is 8.26. The van der Waals surface area contributed by atoms with Crippen LogP contribution in [0.15, 0.2) is 0 Å². The molecular formula is C21H43NO2. The second-order valence-electron chi connectivity index (χ2n) is 8.01. The van der Waals surface area contributed by atoms with Gasteiger partial charge in [-0.2, -0.15) is 0 Å². The molecule has 0 heterocycles. The Morgan fingerprint density at radius 2 is 1.54 bits per heavy atom. The van der Waals surface area contributed by atoms with Crippen LogP contribution in [0.4, 0.5) is 0 Å². The molecule has 0 saturated heterocycles. The van der Waals surface area contributed by atoms with E-state index in [4.69, 9.17) is 4.74 Å². The van der Waals surface area contributed by atoms with Gasteiger partial charge in [-0.05, 0) is 38.0 Å². The SMILES string of the molecule is [CH2-][N+](C)(C)CCCCCC(=O)OCC(CCCC)CCCCCC. The quantitative estimate of drug-likeness (QED) is 0.155. The first kappa shape index (κ1) is 23.4. The van der Waals surface area contributed by atoms with Crippen LogP contribution in [-0.2, 0) is 9.53 Å². The number of carbonyl (C=O) groups excluding carboxylic acids is 1. The molecule has 1 unspecified atom stereocenters. The largest absolute Gasteiger partial charge is 0.465 e. The smallest absolute Gasteiger partial charge is 0.305 e. The van der Waals surface area contributed by atoms with Gasteiger partial charge in [-0.1, -0.05) is 52.4 Å². The fourth-order valence-corrected chi connectivity index (χ4v) is 2.93. The maximum atomic E-state index is 11.9. The van der Waals surface area contributed by atoms with Crippen molar-refractivity contribution in [3.8, 4) is 0 Å². The van der Waals surface area contributed by atoms with Crippen LogP contribution in [0.1, 0.15) is 90.9 Å². The number of rotatable bonds is 16. The molecule has 0 saturated carbocycles. The lowest BCUT2D eigenvalue weighted by Gasteiger charge is -2.32. The Morgan fingerprint density at radius 1 is 0.917 bits per heavy atom. The molecule has 0 fully saturated rings. The van der Waals surface area contributed by atoms with Crippen molar-refractivity contribution < 1.29 is 14.0 Å². The standard InChI is InChI=1S/C21H43NO2/c1-6-8-10-12-16-20(15-9-7-2)19-24-21(23)17-13-11-14-18-22(3,4)5/h20H,3,6-19H2,1-2,4-5H3. The maximum Gasteiger partial charge on any atom is 0.305 e. The fourth-order valence-electron chi connectivity index (χ4n) is 2.93. The molecule has 24 heavy (non-hydrogen) atoms. The van der Waals surface area contributed by atoms with Crippen molar-refractivity contribution in [1.82, 2.24) is 0 Å². The summed E-state index contributed by atoms with van der Waals surface area (Å²) in [6.07, 6.45) is 13.8. The van der Waals surface area contributed by atoms with Crippen LogP contribution < -0.4 is 0 Å². The number of hydrogen-bond acceptors (Lipinski definition) is 2. The van der Waals surface area contributed by atoms with E-state index in [0.29, 0.717) is 18.9 Å². The first-order chi connectivity index (χ1) is 11.4. The van der Waals surface area contributed by atoms with Gasteiger partial charge in [0.05, 0.1) is 13.2 Å². The maximum absolute atomic E-state index is 11.9. The van der Waals surface area contributed by atoms with Crippen LogP contribution in [0.5, 0.6) is 0 Å². The molecular weight excluding hydrogens is 298 g/mol. The molecule has 1 atom stereocenters. The van der Waals surface area contributed by atoms with Gasteiger partial charge in [0.15, 0.2) is 0 Å². The minimum atomic E-state index is -0.00608. The number of ether oxygens (including phenoxy) is 1. The molecule has 0 aliphatic carbocycles. The summed E-state index contributed by atoms with van der Waals surface area (Å²) in [5.74, 6) is 0.559. The third-order valence-corrected chi connectivity index (χ3v) is 4.56. The van der Waals surface area contributed by atoms with Crippen molar-refractivity contribution in [3.05, 3.63) is 7.05 Å². The highest BCUT2D eigenvalue weighted by atomic mass is 16.5. The second kappa shape index (κ2) is 14.7. The number of unbranched alkanes of at least 4 members (excludes halogenated alkanes) is 6. The Balaban J connectivity index is 3.81. The molecule has 0 aromatic rings. The van der Waals surface area contributed by atoms with E-state index in [-0.39, 0.29) is 5.97 Å². The monoisotopic (exact) mass is 341 g/mol. The molecule has 0 bridgehead atoms. The number of nitrogens with zero attached hydrogens (tertiary/aromatic N) is 1. The van der Waals surface area contributed by atoms with Gasteiger partial charge in [-0.15, -0.1) is 7.05 Å². The van der Waals surface area contributed by atoms with Crippen molar-refractivity contribution >= 4 is 5.97 Å². The van der Waals surface area contributed by atoms with E-state index in [1.54, 1.807) is 0 Å². The van der Waals surface area contributed by atoms with Gasteiger partial charge in [-0.3, -0.25) is 4.79 Å². The van der Waals surface area contributed by atoms with E-state index in [2.05, 4.69) is 35.0 Å². The molecule has 0 spiro atoms. The van der Waals surface area contributed by atoms with Gasteiger partial charge < -0.3 is 9.22 Å². The summed E-state index contributed by atoms with van der Waals surface area (Å²) >= 11 is 0. The Kier molecular flexibility index (Phi) is 14.4. The molecule has 0 rings (SSSR count). The molecule has 144 valence electrons. The van der Waals surface area contributed by atoms with Crippen molar-refractivity contribution in [2.75, 3.05) is 27.2 Å². The minimum Gasteiger partial charge on any atom is -0.465 e. The van der Waals surface area contributed by atoms with Crippen molar-refractivity contribution in [1.29, 1.82) is 0 Å². The molecule has 0 aromatic carbocycles. The van der Waals surface area contributed by atoms with E-state index in [1.807, 2.05) is 0 Å². The summed E-state index contributed by atoms with van der Waals surface area (Å²) in [6, 6.07) is 0. The highest BCUT2D eigenvalue weighted by Crippen LogP contribution is 2.18. The van der Waals surface area contributed by atoms with Crippen molar-refractivity contribution in [2.45, 2.75) is 90.9 Å². The summed E-state index contributed by atoms with van der Waals surface area (Å²) in [4.78, 5) is 11.9. The number of esters is 1. The van der Waals surface area contributed by atoms with Gasteiger partial charge >= 0.3 is 5.97 Å². The Hall–Kier alpha value is -0.570. The number of quaternary nitrogens is 1. The Labute approximate surface area is 151 Å². The van der Waals surface area contributed by atoms with Crippen LogP contribution in [0.3, 0.4) is 0 Å². The Bertz CT molecular complexity index is 297. The topological polar surface area (TPSA) is 26.3 Å². The zero-order valence-corrected chi connectivity index (χ0v) is 16.9. The van der Waals surface area contributed by atoms with Crippen LogP contribution in [0.25, 0.3) is 0 Å². The van der Waals surface area contributed by atoms with Crippen LogP contribution in [-0.4, -0.2) is 37.7 Å². The third-order valence-electron chi connectivity index (χ3n) is 4.56. The average molecular weight is 342 g/mol. The molecule has 0 aromatic heterocycles. The summed E-state index contributed by atoms with van der Waals surface area (Å²) in [5, 5.41) is 0. The normalized spacial score (nSPS) is 13.0. The number of carbonyl (C=O) groups is 1. The number of hydrogen-bond donors (Lipinski definition) is 0. The molecule has 0 N–H and O–H groups in total.